The van der Waals surface area contributed by atoms with Crippen molar-refractivity contribution < 1.29 is 9.90 Å². The summed E-state index contributed by atoms with van der Waals surface area (Å²) in [5, 5.41) is 11.3. The quantitative estimate of drug-likeness (QED) is 0.589. The van der Waals surface area contributed by atoms with Gasteiger partial charge in [0, 0.05) is 39.0 Å². The Kier molecular flexibility index (Phi) is 5.94. The Morgan fingerprint density at radius 2 is 2.00 bits per heavy atom. The van der Waals surface area contributed by atoms with Crippen LogP contribution in [0.2, 0.25) is 0 Å². The van der Waals surface area contributed by atoms with E-state index in [0.29, 0.717) is 13.0 Å². The van der Waals surface area contributed by atoms with Crippen LogP contribution >= 0.6 is 0 Å². The van der Waals surface area contributed by atoms with E-state index in [2.05, 4.69) is 5.32 Å². The first-order chi connectivity index (χ1) is 8.63. The minimum absolute atomic E-state index is 0.0932. The Hall–Kier alpha value is -1.81. The van der Waals surface area contributed by atoms with E-state index in [9.17, 15) is 4.79 Å². The molecule has 1 aromatic carbocycles. The van der Waals surface area contributed by atoms with Gasteiger partial charge < -0.3 is 15.3 Å². The number of carbonyl (C=O) groups is 1. The van der Waals surface area contributed by atoms with Crippen LogP contribution in [0.25, 0.3) is 6.08 Å². The maximum absolute atomic E-state index is 11.4. The molecular weight excluding hydrogens is 228 g/mol. The summed E-state index contributed by atoms with van der Waals surface area (Å²) in [5.74, 6) is -0.139. The maximum Gasteiger partial charge on any atom is 0.244 e. The Labute approximate surface area is 108 Å². The Morgan fingerprint density at radius 1 is 1.33 bits per heavy atom. The SMILES string of the molecule is CN(C)c1ccc(/C=C/C(=O)NCCCO)cc1. The molecular formula is C14H20N2O2. The molecule has 0 unspecified atom stereocenters. The van der Waals surface area contributed by atoms with Crippen molar-refractivity contribution in [1.29, 1.82) is 0 Å². The van der Waals surface area contributed by atoms with Crippen LogP contribution in [0.5, 0.6) is 0 Å². The van der Waals surface area contributed by atoms with Crippen molar-refractivity contribution in [2.45, 2.75) is 6.42 Å². The van der Waals surface area contributed by atoms with Gasteiger partial charge in [0.15, 0.2) is 0 Å². The number of hydrogen-bond acceptors (Lipinski definition) is 3. The highest BCUT2D eigenvalue weighted by Gasteiger charge is 1.96. The van der Waals surface area contributed by atoms with Gasteiger partial charge in [-0.1, -0.05) is 12.1 Å². The van der Waals surface area contributed by atoms with E-state index in [1.54, 1.807) is 6.08 Å². The molecule has 98 valence electrons. The molecule has 0 atom stereocenters. The van der Waals surface area contributed by atoms with Crippen LogP contribution in [0, 0.1) is 0 Å². The van der Waals surface area contributed by atoms with E-state index in [1.165, 1.54) is 6.08 Å². The van der Waals surface area contributed by atoms with E-state index < -0.39 is 0 Å². The van der Waals surface area contributed by atoms with Gasteiger partial charge in [0.2, 0.25) is 5.91 Å². The monoisotopic (exact) mass is 248 g/mol. The predicted octanol–water partition coefficient (Wildman–Crippen LogP) is 1.26. The summed E-state index contributed by atoms with van der Waals surface area (Å²) in [6, 6.07) is 7.94. The van der Waals surface area contributed by atoms with E-state index in [4.69, 9.17) is 5.11 Å². The number of nitrogens with zero attached hydrogens (tertiary/aromatic N) is 1. The lowest BCUT2D eigenvalue weighted by molar-refractivity contribution is -0.116. The molecule has 2 N–H and O–H groups in total. The molecule has 1 aromatic rings. The van der Waals surface area contributed by atoms with Gasteiger partial charge in [-0.2, -0.15) is 0 Å². The summed E-state index contributed by atoms with van der Waals surface area (Å²) >= 11 is 0. The third-order valence-electron chi connectivity index (χ3n) is 2.47. The van der Waals surface area contributed by atoms with Gasteiger partial charge in [0.1, 0.15) is 0 Å². The van der Waals surface area contributed by atoms with E-state index >= 15 is 0 Å². The van der Waals surface area contributed by atoms with Gasteiger partial charge in [-0.3, -0.25) is 4.79 Å². The van der Waals surface area contributed by atoms with Gasteiger partial charge in [-0.25, -0.2) is 0 Å². The Morgan fingerprint density at radius 3 is 2.56 bits per heavy atom. The van der Waals surface area contributed by atoms with Crippen LogP contribution in [-0.2, 0) is 4.79 Å². The van der Waals surface area contributed by atoms with Crippen LogP contribution in [0.1, 0.15) is 12.0 Å². The molecule has 0 aliphatic carbocycles. The molecule has 4 nitrogen and oxygen atoms in total. The summed E-state index contributed by atoms with van der Waals surface area (Å²) in [6.45, 7) is 0.592. The fourth-order valence-corrected chi connectivity index (χ4v) is 1.41. The van der Waals surface area contributed by atoms with E-state index in [0.717, 1.165) is 11.3 Å². The molecule has 0 radical (unpaired) electrons. The number of rotatable bonds is 6. The first kappa shape index (κ1) is 14.3. The summed E-state index contributed by atoms with van der Waals surface area (Å²) in [5.41, 5.74) is 2.11. The standard InChI is InChI=1S/C14H20N2O2/c1-16(2)13-7-4-12(5-8-13)6-9-14(18)15-10-3-11-17/h4-9,17H,3,10-11H2,1-2H3,(H,15,18)/b9-6+. The Bertz CT molecular complexity index is 397. The van der Waals surface area contributed by atoms with E-state index in [-0.39, 0.29) is 12.5 Å². The molecule has 0 aliphatic heterocycles. The van der Waals surface area contributed by atoms with Gasteiger partial charge in [-0.05, 0) is 30.2 Å². The Balaban J connectivity index is 2.48. The third-order valence-corrected chi connectivity index (χ3v) is 2.47. The molecule has 0 aromatic heterocycles. The molecule has 0 saturated carbocycles. The lowest BCUT2D eigenvalue weighted by Crippen LogP contribution is -2.22. The lowest BCUT2D eigenvalue weighted by atomic mass is 10.2. The molecule has 0 fully saturated rings. The molecule has 18 heavy (non-hydrogen) atoms. The molecule has 0 spiro atoms. The second kappa shape index (κ2) is 7.50. The second-order valence-electron chi connectivity index (χ2n) is 4.19. The summed E-state index contributed by atoms with van der Waals surface area (Å²) in [7, 11) is 3.97. The summed E-state index contributed by atoms with van der Waals surface area (Å²) in [4.78, 5) is 13.4. The number of anilines is 1. The fraction of sp³-hybridized carbons (Fsp3) is 0.357. The first-order valence-corrected chi connectivity index (χ1v) is 5.97. The minimum atomic E-state index is -0.139. The minimum Gasteiger partial charge on any atom is -0.396 e. The van der Waals surface area contributed by atoms with Crippen molar-refractivity contribution in [2.75, 3.05) is 32.1 Å². The van der Waals surface area contributed by atoms with Crippen LogP contribution in [0.15, 0.2) is 30.3 Å². The van der Waals surface area contributed by atoms with Gasteiger partial charge in [0.25, 0.3) is 0 Å². The van der Waals surface area contributed by atoms with Crippen molar-refractivity contribution in [3.63, 3.8) is 0 Å². The highest BCUT2D eigenvalue weighted by molar-refractivity contribution is 5.91. The second-order valence-corrected chi connectivity index (χ2v) is 4.19. The zero-order valence-corrected chi connectivity index (χ0v) is 10.9. The van der Waals surface area contributed by atoms with Crippen molar-refractivity contribution in [3.8, 4) is 0 Å². The number of aliphatic hydroxyl groups is 1. The van der Waals surface area contributed by atoms with Crippen molar-refractivity contribution in [2.24, 2.45) is 0 Å². The first-order valence-electron chi connectivity index (χ1n) is 5.97. The zero-order chi connectivity index (χ0) is 13.4. The summed E-state index contributed by atoms with van der Waals surface area (Å²) in [6.07, 6.45) is 3.85. The van der Waals surface area contributed by atoms with E-state index in [1.807, 2.05) is 43.3 Å². The molecule has 1 rings (SSSR count). The molecule has 0 aliphatic rings. The molecule has 4 heteroatoms. The average molecular weight is 248 g/mol. The smallest absolute Gasteiger partial charge is 0.244 e. The molecule has 0 heterocycles. The average Bonchev–Trinajstić information content (AvgIpc) is 2.37. The maximum atomic E-state index is 11.4. The molecule has 0 saturated heterocycles. The predicted molar refractivity (Wildman–Crippen MR) is 74.5 cm³/mol. The number of carbonyl (C=O) groups excluding carboxylic acids is 1. The number of aliphatic hydroxyl groups excluding tert-OH is 1. The lowest BCUT2D eigenvalue weighted by Gasteiger charge is -2.11. The van der Waals surface area contributed by atoms with Crippen LogP contribution in [0.4, 0.5) is 5.69 Å². The number of amides is 1. The van der Waals surface area contributed by atoms with Crippen LogP contribution in [-0.4, -0.2) is 38.3 Å². The fourth-order valence-electron chi connectivity index (χ4n) is 1.41. The number of hydrogen-bond donors (Lipinski definition) is 2. The van der Waals surface area contributed by atoms with Crippen molar-refractivity contribution in [3.05, 3.63) is 35.9 Å². The normalized spacial score (nSPS) is 10.6. The molecule has 1 amide bonds. The van der Waals surface area contributed by atoms with Gasteiger partial charge >= 0.3 is 0 Å². The van der Waals surface area contributed by atoms with Crippen molar-refractivity contribution >= 4 is 17.7 Å². The zero-order valence-electron chi connectivity index (χ0n) is 10.9. The number of benzene rings is 1. The van der Waals surface area contributed by atoms with Crippen LogP contribution < -0.4 is 10.2 Å². The third kappa shape index (κ3) is 5.01. The van der Waals surface area contributed by atoms with Gasteiger partial charge in [-0.15, -0.1) is 0 Å². The topological polar surface area (TPSA) is 52.6 Å². The van der Waals surface area contributed by atoms with Crippen LogP contribution in [0.3, 0.4) is 0 Å². The van der Waals surface area contributed by atoms with Gasteiger partial charge in [0.05, 0.1) is 0 Å². The summed E-state index contributed by atoms with van der Waals surface area (Å²) < 4.78 is 0. The molecule has 0 bridgehead atoms. The number of nitrogens with one attached hydrogen (secondary N) is 1. The van der Waals surface area contributed by atoms with Crippen molar-refractivity contribution in [1.82, 2.24) is 5.32 Å². The largest absolute Gasteiger partial charge is 0.396 e. The highest BCUT2D eigenvalue weighted by Crippen LogP contribution is 2.12. The highest BCUT2D eigenvalue weighted by atomic mass is 16.3.